The second-order valence-corrected chi connectivity index (χ2v) is 7.80. The molecule has 0 aliphatic carbocycles. The number of halogens is 1. The molecule has 134 valence electrons. The van der Waals surface area contributed by atoms with Gasteiger partial charge in [0.15, 0.2) is 4.80 Å². The lowest BCUT2D eigenvalue weighted by atomic mass is 10.2. The molecule has 0 saturated carbocycles. The van der Waals surface area contributed by atoms with Gasteiger partial charge >= 0.3 is 0 Å². The summed E-state index contributed by atoms with van der Waals surface area (Å²) in [5, 5.41) is 11.5. The molecule has 3 rings (SSSR count). The Morgan fingerprint density at radius 1 is 1.35 bits per heavy atom. The molecule has 0 fully saturated rings. The number of nitro benzene ring substituents is 1. The molecular formula is C17H14ClN3O3S2. The monoisotopic (exact) mass is 407 g/mol. The molecule has 26 heavy (non-hydrogen) atoms. The van der Waals surface area contributed by atoms with Crippen LogP contribution >= 0.6 is 34.7 Å². The largest absolute Gasteiger partial charge is 0.315 e. The van der Waals surface area contributed by atoms with E-state index in [1.54, 1.807) is 42.1 Å². The quantitative estimate of drug-likeness (QED) is 0.464. The first-order valence-corrected chi connectivity index (χ1v) is 10.2. The van der Waals surface area contributed by atoms with Crippen LogP contribution in [0.3, 0.4) is 0 Å². The van der Waals surface area contributed by atoms with Crippen LogP contribution in [0.15, 0.2) is 47.5 Å². The van der Waals surface area contributed by atoms with Gasteiger partial charge in [0.1, 0.15) is 0 Å². The zero-order valence-corrected chi connectivity index (χ0v) is 16.1. The van der Waals surface area contributed by atoms with Crippen LogP contribution < -0.4 is 4.80 Å². The zero-order chi connectivity index (χ0) is 18.7. The van der Waals surface area contributed by atoms with Crippen LogP contribution in [-0.4, -0.2) is 27.4 Å². The lowest BCUT2D eigenvalue weighted by Gasteiger charge is -2.03. The van der Waals surface area contributed by atoms with Crippen molar-refractivity contribution in [1.29, 1.82) is 0 Å². The fourth-order valence-electron chi connectivity index (χ4n) is 2.43. The number of hydrogen-bond acceptors (Lipinski definition) is 5. The first-order valence-electron chi connectivity index (χ1n) is 7.61. The molecule has 1 amide bonds. The molecule has 0 bridgehead atoms. The van der Waals surface area contributed by atoms with Crippen molar-refractivity contribution in [1.82, 2.24) is 4.57 Å². The highest BCUT2D eigenvalue weighted by atomic mass is 35.5. The van der Waals surface area contributed by atoms with Gasteiger partial charge in [0, 0.05) is 35.0 Å². The summed E-state index contributed by atoms with van der Waals surface area (Å²) in [6, 6.07) is 11.3. The second kappa shape index (κ2) is 8.03. The second-order valence-electron chi connectivity index (χ2n) is 5.37. The van der Waals surface area contributed by atoms with Gasteiger partial charge in [-0.3, -0.25) is 14.9 Å². The van der Waals surface area contributed by atoms with E-state index in [9.17, 15) is 14.9 Å². The Hall–Kier alpha value is -2.16. The number of nitro groups is 1. The fraction of sp³-hybridized carbons (Fsp3) is 0.176. The molecule has 6 nitrogen and oxygen atoms in total. The van der Waals surface area contributed by atoms with Gasteiger partial charge in [-0.25, -0.2) is 0 Å². The van der Waals surface area contributed by atoms with E-state index in [0.29, 0.717) is 21.9 Å². The van der Waals surface area contributed by atoms with Crippen molar-refractivity contribution in [2.75, 3.05) is 12.0 Å². The number of thioether (sulfide) groups is 1. The van der Waals surface area contributed by atoms with Gasteiger partial charge in [-0.05, 0) is 30.5 Å². The van der Waals surface area contributed by atoms with E-state index < -0.39 is 10.8 Å². The molecule has 0 aliphatic heterocycles. The molecule has 1 heterocycles. The van der Waals surface area contributed by atoms with Crippen LogP contribution in [-0.2, 0) is 6.54 Å². The van der Waals surface area contributed by atoms with Crippen molar-refractivity contribution in [3.8, 4) is 0 Å². The number of aromatic nitrogens is 1. The summed E-state index contributed by atoms with van der Waals surface area (Å²) in [7, 11) is 0. The number of rotatable bonds is 5. The number of hydrogen-bond donors (Lipinski definition) is 0. The number of benzene rings is 2. The highest BCUT2D eigenvalue weighted by Gasteiger charge is 2.13. The number of nitrogens with zero attached hydrogens (tertiary/aromatic N) is 3. The molecule has 0 aliphatic rings. The Morgan fingerprint density at radius 2 is 2.15 bits per heavy atom. The third-order valence-electron chi connectivity index (χ3n) is 3.66. The molecule has 0 atom stereocenters. The molecule has 0 saturated heterocycles. The van der Waals surface area contributed by atoms with E-state index in [0.717, 1.165) is 16.0 Å². The number of fused-ring (bicyclic) bond motifs is 1. The van der Waals surface area contributed by atoms with Gasteiger partial charge in [-0.1, -0.05) is 29.0 Å². The molecule has 9 heteroatoms. The Labute approximate surface area is 162 Å². The maximum absolute atomic E-state index is 12.5. The van der Waals surface area contributed by atoms with Crippen LogP contribution in [0.1, 0.15) is 10.4 Å². The summed E-state index contributed by atoms with van der Waals surface area (Å²) in [5.74, 6) is 0.438. The average Bonchev–Trinajstić information content (AvgIpc) is 2.96. The first-order chi connectivity index (χ1) is 12.5. The number of carbonyl (C=O) groups is 1. The van der Waals surface area contributed by atoms with Crippen LogP contribution in [0.4, 0.5) is 5.69 Å². The van der Waals surface area contributed by atoms with Crippen LogP contribution in [0.2, 0.25) is 5.02 Å². The van der Waals surface area contributed by atoms with E-state index in [1.807, 2.05) is 10.8 Å². The lowest BCUT2D eigenvalue weighted by molar-refractivity contribution is -0.384. The summed E-state index contributed by atoms with van der Waals surface area (Å²) in [4.78, 5) is 27.8. The van der Waals surface area contributed by atoms with Gasteiger partial charge in [-0.15, -0.1) is 0 Å². The van der Waals surface area contributed by atoms with Crippen LogP contribution in [0.25, 0.3) is 10.2 Å². The number of aryl methyl sites for hydroxylation is 1. The molecule has 2 aromatic carbocycles. The maximum atomic E-state index is 12.5. The topological polar surface area (TPSA) is 77.5 Å². The standard InChI is InChI=1S/C17H14ClN3O3S2/c1-25-8-7-20-14-6-5-13(21(23)24)10-15(14)26-17(20)19-16(22)11-3-2-4-12(18)9-11/h2-6,9-10H,7-8H2,1H3. The van der Waals surface area contributed by atoms with E-state index in [2.05, 4.69) is 4.99 Å². The van der Waals surface area contributed by atoms with Crippen molar-refractivity contribution in [3.63, 3.8) is 0 Å². The minimum Gasteiger partial charge on any atom is -0.315 e. The minimum atomic E-state index is -0.431. The highest BCUT2D eigenvalue weighted by molar-refractivity contribution is 7.98. The molecular weight excluding hydrogens is 394 g/mol. The van der Waals surface area contributed by atoms with E-state index in [4.69, 9.17) is 11.6 Å². The number of non-ortho nitro benzene ring substituents is 1. The summed E-state index contributed by atoms with van der Waals surface area (Å²) in [5.41, 5.74) is 1.24. The summed E-state index contributed by atoms with van der Waals surface area (Å²) >= 11 is 8.88. The third kappa shape index (κ3) is 3.98. The van der Waals surface area contributed by atoms with Crippen molar-refractivity contribution in [2.45, 2.75) is 6.54 Å². The van der Waals surface area contributed by atoms with Gasteiger partial charge in [0.25, 0.3) is 11.6 Å². The Morgan fingerprint density at radius 3 is 2.85 bits per heavy atom. The van der Waals surface area contributed by atoms with Crippen LogP contribution in [0.5, 0.6) is 0 Å². The van der Waals surface area contributed by atoms with Crippen molar-refractivity contribution in [2.24, 2.45) is 4.99 Å². The van der Waals surface area contributed by atoms with Crippen molar-refractivity contribution >= 4 is 56.5 Å². The third-order valence-corrected chi connectivity index (χ3v) is 5.53. The van der Waals surface area contributed by atoms with Crippen molar-refractivity contribution < 1.29 is 9.72 Å². The Kier molecular flexibility index (Phi) is 5.75. The lowest BCUT2D eigenvalue weighted by Crippen LogP contribution is -2.18. The normalized spacial score (nSPS) is 11.8. The summed E-state index contributed by atoms with van der Waals surface area (Å²) < 4.78 is 2.64. The number of carbonyl (C=O) groups excluding carboxylic acids is 1. The zero-order valence-electron chi connectivity index (χ0n) is 13.7. The predicted octanol–water partition coefficient (Wildman–Crippen LogP) is 4.37. The van der Waals surface area contributed by atoms with E-state index >= 15 is 0 Å². The Bertz CT molecular complexity index is 1060. The average molecular weight is 408 g/mol. The molecule has 0 unspecified atom stereocenters. The van der Waals surface area contributed by atoms with E-state index in [1.165, 1.54) is 23.5 Å². The predicted molar refractivity (Wildman–Crippen MR) is 106 cm³/mol. The maximum Gasteiger partial charge on any atom is 0.279 e. The van der Waals surface area contributed by atoms with Gasteiger partial charge < -0.3 is 4.57 Å². The van der Waals surface area contributed by atoms with Crippen molar-refractivity contribution in [3.05, 3.63) is 68.0 Å². The van der Waals surface area contributed by atoms with Gasteiger partial charge in [0.05, 0.1) is 15.1 Å². The van der Waals surface area contributed by atoms with Gasteiger partial charge in [-0.2, -0.15) is 16.8 Å². The van der Waals surface area contributed by atoms with Gasteiger partial charge in [0.2, 0.25) is 0 Å². The fourth-order valence-corrected chi connectivity index (χ4v) is 4.08. The number of thiazole rings is 1. The highest BCUT2D eigenvalue weighted by Crippen LogP contribution is 2.23. The molecule has 0 radical (unpaired) electrons. The Balaban J connectivity index is 2.13. The first kappa shape index (κ1) is 18.6. The molecule has 0 spiro atoms. The van der Waals surface area contributed by atoms with E-state index in [-0.39, 0.29) is 5.69 Å². The summed E-state index contributed by atoms with van der Waals surface area (Å²) in [6.45, 7) is 0.653. The molecule has 0 N–H and O–H groups in total. The SMILES string of the molecule is CSCCn1c(=NC(=O)c2cccc(Cl)c2)sc2cc([N+](=O)[O-])ccc21. The summed E-state index contributed by atoms with van der Waals surface area (Å²) in [6.07, 6.45) is 1.99. The molecule has 3 aromatic rings. The minimum absolute atomic E-state index is 0.0171. The number of amides is 1. The van der Waals surface area contributed by atoms with Crippen LogP contribution in [0, 0.1) is 10.1 Å². The molecule has 1 aromatic heterocycles. The smallest absolute Gasteiger partial charge is 0.279 e.